The average molecular weight is 467 g/mol. The van der Waals surface area contributed by atoms with Crippen LogP contribution in [-0.2, 0) is 25.7 Å². The Morgan fingerprint density at radius 3 is 2.21 bits per heavy atom. The molecule has 34 heavy (non-hydrogen) atoms. The molecule has 0 aliphatic carbocycles. The van der Waals surface area contributed by atoms with Crippen LogP contribution in [0.4, 0.5) is 13.2 Å². The number of ether oxygens (including phenoxy) is 2. The van der Waals surface area contributed by atoms with Crippen LogP contribution in [0.1, 0.15) is 29.4 Å². The van der Waals surface area contributed by atoms with Crippen LogP contribution in [0.5, 0.6) is 11.5 Å². The lowest BCUT2D eigenvalue weighted by atomic mass is 9.98. The highest BCUT2D eigenvalue weighted by Gasteiger charge is 2.10. The summed E-state index contributed by atoms with van der Waals surface area (Å²) in [6.07, 6.45) is 5.88. The predicted molar refractivity (Wildman–Crippen MR) is 125 cm³/mol. The molecule has 176 valence electrons. The van der Waals surface area contributed by atoms with Crippen LogP contribution in [0, 0.1) is 5.82 Å². The van der Waals surface area contributed by atoms with Gasteiger partial charge in [0.2, 0.25) is 0 Å². The Balaban J connectivity index is 1.39. The van der Waals surface area contributed by atoms with E-state index < -0.39 is 6.61 Å². The molecule has 1 aromatic heterocycles. The second-order valence-electron chi connectivity index (χ2n) is 7.88. The molecule has 4 nitrogen and oxygen atoms in total. The molecule has 0 aliphatic heterocycles. The number of nitrogens with zero attached hydrogens (tertiary/aromatic N) is 2. The van der Waals surface area contributed by atoms with Crippen molar-refractivity contribution in [2.24, 2.45) is 0 Å². The summed E-state index contributed by atoms with van der Waals surface area (Å²) < 4.78 is 49.4. The average Bonchev–Trinajstić information content (AvgIpc) is 2.84. The fraction of sp³-hybridized carbons (Fsp3) is 0.259. The molecule has 0 N–H and O–H groups in total. The Morgan fingerprint density at radius 1 is 0.794 bits per heavy atom. The van der Waals surface area contributed by atoms with Crippen molar-refractivity contribution >= 4 is 10.8 Å². The third kappa shape index (κ3) is 6.04. The highest BCUT2D eigenvalue weighted by molar-refractivity contribution is 5.84. The van der Waals surface area contributed by atoms with Crippen LogP contribution in [0.25, 0.3) is 10.8 Å². The van der Waals surface area contributed by atoms with E-state index in [1.54, 1.807) is 24.5 Å². The van der Waals surface area contributed by atoms with Crippen LogP contribution >= 0.6 is 0 Å². The minimum atomic E-state index is -2.85. The SMILES string of the molecule is CCOc1cnc(CCc2ccc3c(F)c(CCc4ccc(OC(F)F)cc4)ccc3c2)nc1. The summed E-state index contributed by atoms with van der Waals surface area (Å²) in [4.78, 5) is 8.65. The number of rotatable bonds is 10. The molecule has 0 saturated carbocycles. The Morgan fingerprint density at radius 2 is 1.50 bits per heavy atom. The third-order valence-electron chi connectivity index (χ3n) is 5.56. The van der Waals surface area contributed by atoms with Crippen LogP contribution in [0.2, 0.25) is 0 Å². The molecule has 0 aliphatic rings. The van der Waals surface area contributed by atoms with Crippen molar-refractivity contribution in [3.63, 3.8) is 0 Å². The summed E-state index contributed by atoms with van der Waals surface area (Å²) >= 11 is 0. The second-order valence-corrected chi connectivity index (χ2v) is 7.88. The quantitative estimate of drug-likeness (QED) is 0.274. The maximum absolute atomic E-state index is 15.1. The van der Waals surface area contributed by atoms with Crippen LogP contribution in [0.15, 0.2) is 67.0 Å². The van der Waals surface area contributed by atoms with Crippen molar-refractivity contribution in [3.05, 3.63) is 95.3 Å². The van der Waals surface area contributed by atoms with Gasteiger partial charge in [-0.1, -0.05) is 42.5 Å². The summed E-state index contributed by atoms with van der Waals surface area (Å²) in [5.74, 6) is 1.27. The van der Waals surface area contributed by atoms with E-state index in [0.717, 1.165) is 28.8 Å². The number of aryl methyl sites for hydroxylation is 4. The number of fused-ring (bicyclic) bond motifs is 1. The molecule has 0 saturated heterocycles. The summed E-state index contributed by atoms with van der Waals surface area (Å²) in [6, 6.07) is 15.9. The zero-order valence-corrected chi connectivity index (χ0v) is 18.8. The Labute approximate surface area is 196 Å². The normalized spacial score (nSPS) is 11.2. The van der Waals surface area contributed by atoms with E-state index in [0.29, 0.717) is 42.6 Å². The first-order valence-electron chi connectivity index (χ1n) is 11.2. The van der Waals surface area contributed by atoms with Gasteiger partial charge in [0.1, 0.15) is 17.4 Å². The summed E-state index contributed by atoms with van der Waals surface area (Å²) in [6.45, 7) is -0.364. The van der Waals surface area contributed by atoms with Crippen molar-refractivity contribution in [3.8, 4) is 11.5 Å². The molecule has 4 rings (SSSR count). The van der Waals surface area contributed by atoms with Crippen molar-refractivity contribution in [2.45, 2.75) is 39.2 Å². The molecular weight excluding hydrogens is 441 g/mol. The number of benzene rings is 3. The van der Waals surface area contributed by atoms with Gasteiger partial charge in [0.05, 0.1) is 19.0 Å². The molecule has 0 atom stereocenters. The molecule has 3 aromatic carbocycles. The first-order chi connectivity index (χ1) is 16.5. The molecule has 4 aromatic rings. The monoisotopic (exact) mass is 466 g/mol. The maximum atomic E-state index is 15.1. The van der Waals surface area contributed by atoms with Gasteiger partial charge in [-0.25, -0.2) is 14.4 Å². The number of halogens is 3. The van der Waals surface area contributed by atoms with E-state index >= 15 is 4.39 Å². The number of aromatic nitrogens is 2. The summed E-state index contributed by atoms with van der Waals surface area (Å²) in [5, 5.41) is 1.43. The fourth-order valence-corrected chi connectivity index (χ4v) is 3.82. The lowest BCUT2D eigenvalue weighted by Crippen LogP contribution is -2.02. The number of hydrogen-bond acceptors (Lipinski definition) is 4. The van der Waals surface area contributed by atoms with Gasteiger partial charge in [0, 0.05) is 11.8 Å². The van der Waals surface area contributed by atoms with Gasteiger partial charge in [-0.2, -0.15) is 8.78 Å². The van der Waals surface area contributed by atoms with Crippen molar-refractivity contribution in [1.29, 1.82) is 0 Å². The zero-order chi connectivity index (χ0) is 23.9. The van der Waals surface area contributed by atoms with Gasteiger partial charge < -0.3 is 9.47 Å². The fourth-order valence-electron chi connectivity index (χ4n) is 3.82. The van der Waals surface area contributed by atoms with E-state index in [-0.39, 0.29) is 11.6 Å². The highest BCUT2D eigenvalue weighted by atomic mass is 19.3. The maximum Gasteiger partial charge on any atom is 0.387 e. The minimum Gasteiger partial charge on any atom is -0.491 e. The zero-order valence-electron chi connectivity index (χ0n) is 18.8. The van der Waals surface area contributed by atoms with Gasteiger partial charge in [-0.3, -0.25) is 0 Å². The number of alkyl halides is 2. The third-order valence-corrected chi connectivity index (χ3v) is 5.56. The summed E-state index contributed by atoms with van der Waals surface area (Å²) in [5.41, 5.74) is 2.63. The lowest BCUT2D eigenvalue weighted by molar-refractivity contribution is -0.0498. The number of hydrogen-bond donors (Lipinski definition) is 0. The Kier molecular flexibility index (Phi) is 7.62. The largest absolute Gasteiger partial charge is 0.491 e. The Bertz CT molecular complexity index is 1230. The van der Waals surface area contributed by atoms with E-state index in [4.69, 9.17) is 4.74 Å². The molecule has 0 unspecified atom stereocenters. The second kappa shape index (κ2) is 11.0. The molecular formula is C27H25F3N2O2. The summed E-state index contributed by atoms with van der Waals surface area (Å²) in [7, 11) is 0. The smallest absolute Gasteiger partial charge is 0.387 e. The lowest BCUT2D eigenvalue weighted by Gasteiger charge is -2.10. The van der Waals surface area contributed by atoms with E-state index in [2.05, 4.69) is 14.7 Å². The molecule has 0 bridgehead atoms. The van der Waals surface area contributed by atoms with Gasteiger partial charge >= 0.3 is 6.61 Å². The molecule has 0 fully saturated rings. The molecule has 1 heterocycles. The first kappa shape index (κ1) is 23.5. The molecule has 7 heteroatoms. The van der Waals surface area contributed by atoms with Crippen LogP contribution in [-0.4, -0.2) is 23.2 Å². The van der Waals surface area contributed by atoms with Crippen LogP contribution in [0.3, 0.4) is 0 Å². The van der Waals surface area contributed by atoms with Gasteiger partial charge in [-0.15, -0.1) is 0 Å². The predicted octanol–water partition coefficient (Wildman–Crippen LogP) is 6.34. The van der Waals surface area contributed by atoms with Gasteiger partial charge in [0.25, 0.3) is 0 Å². The van der Waals surface area contributed by atoms with Crippen molar-refractivity contribution in [1.82, 2.24) is 9.97 Å². The first-order valence-corrected chi connectivity index (χ1v) is 11.2. The topological polar surface area (TPSA) is 44.2 Å². The molecule has 0 spiro atoms. The van der Waals surface area contributed by atoms with Gasteiger partial charge in [0.15, 0.2) is 5.75 Å². The van der Waals surface area contributed by atoms with Crippen LogP contribution < -0.4 is 9.47 Å². The molecule has 0 amide bonds. The van der Waals surface area contributed by atoms with Gasteiger partial charge in [-0.05, 0) is 60.4 Å². The van der Waals surface area contributed by atoms with E-state index in [1.807, 2.05) is 37.3 Å². The van der Waals surface area contributed by atoms with E-state index in [1.165, 1.54) is 12.1 Å². The van der Waals surface area contributed by atoms with Crippen molar-refractivity contribution in [2.75, 3.05) is 6.61 Å². The molecule has 0 radical (unpaired) electrons. The minimum absolute atomic E-state index is 0.112. The Hall–Kier alpha value is -3.61. The highest BCUT2D eigenvalue weighted by Crippen LogP contribution is 2.25. The van der Waals surface area contributed by atoms with Crippen molar-refractivity contribution < 1.29 is 22.6 Å². The van der Waals surface area contributed by atoms with E-state index in [9.17, 15) is 8.78 Å². The standard InChI is InChI=1S/C27H25F3N2O2/c1-2-33-23-16-31-25(32-17-23)14-7-19-6-13-24-21(15-19)10-9-20(26(24)28)8-3-18-4-11-22(12-5-18)34-27(29)30/h4-6,9-13,15-17,27H,2-3,7-8,14H2,1H3.